The van der Waals surface area contributed by atoms with E-state index in [1.807, 2.05) is 58.2 Å². The van der Waals surface area contributed by atoms with Crippen LogP contribution in [-0.4, -0.2) is 56.3 Å². The van der Waals surface area contributed by atoms with Crippen molar-refractivity contribution in [3.63, 3.8) is 0 Å². The Kier molecular flexibility index (Phi) is 6.57. The van der Waals surface area contributed by atoms with Crippen molar-refractivity contribution in [2.75, 3.05) is 0 Å². The number of rotatable bonds is 7. The van der Waals surface area contributed by atoms with Gasteiger partial charge in [-0.1, -0.05) is 0 Å². The van der Waals surface area contributed by atoms with E-state index in [1.54, 1.807) is 0 Å². The minimum absolute atomic E-state index is 0.237. The van der Waals surface area contributed by atoms with Gasteiger partial charge >= 0.3 is 221 Å². The molecule has 2 aromatic heterocycles. The molecule has 0 unspecified atom stereocenters. The molecule has 0 radical (unpaired) electrons. The summed E-state index contributed by atoms with van der Waals surface area (Å²) in [6.07, 6.45) is 4.01. The molecule has 0 saturated carbocycles. The molecule has 0 aliphatic carbocycles. The molecule has 0 aliphatic heterocycles. The van der Waals surface area contributed by atoms with Crippen LogP contribution in [0, 0.1) is 0 Å². The Labute approximate surface area is 219 Å². The molecule has 0 N–H and O–H groups in total. The van der Waals surface area contributed by atoms with Gasteiger partial charge in [-0.05, 0) is 0 Å². The van der Waals surface area contributed by atoms with E-state index < -0.39 is 0 Å². The summed E-state index contributed by atoms with van der Waals surface area (Å²) in [4.78, 5) is 0. The summed E-state index contributed by atoms with van der Waals surface area (Å²) in [6, 6.07) is 37.2. The first-order valence-corrected chi connectivity index (χ1v) is 17.4. The van der Waals surface area contributed by atoms with E-state index in [9.17, 15) is 0 Å². The standard InChI is InChI=1S/C28H20N6Se2/c1-3-11-21(12-4-1)23-19-33(31-29-23)25-15-7-9-17-27(25)35-36-28-18-10-8-16-26(28)34-20-24(30-32-34)22-13-5-2-6-14-22/h1-20H. The van der Waals surface area contributed by atoms with Crippen molar-refractivity contribution in [2.45, 2.75) is 0 Å². The molecule has 6 rings (SSSR count). The fourth-order valence-electron chi connectivity index (χ4n) is 3.77. The Morgan fingerprint density at radius 1 is 0.444 bits per heavy atom. The third-order valence-electron chi connectivity index (χ3n) is 5.57. The quantitative estimate of drug-likeness (QED) is 0.265. The zero-order valence-electron chi connectivity index (χ0n) is 19.0. The average Bonchev–Trinajstić information content (AvgIpc) is 3.64. The Balaban J connectivity index is 1.25. The van der Waals surface area contributed by atoms with E-state index in [0.717, 1.165) is 33.9 Å². The van der Waals surface area contributed by atoms with Crippen molar-refractivity contribution in [3.8, 4) is 33.9 Å². The molecule has 174 valence electrons. The van der Waals surface area contributed by atoms with Crippen molar-refractivity contribution < 1.29 is 0 Å². The predicted octanol–water partition coefficient (Wildman–Crippen LogP) is 3.46. The monoisotopic (exact) mass is 600 g/mol. The number of aromatic nitrogens is 6. The van der Waals surface area contributed by atoms with Crippen LogP contribution in [0.5, 0.6) is 0 Å². The van der Waals surface area contributed by atoms with E-state index in [0.29, 0.717) is 0 Å². The first kappa shape index (κ1) is 22.6. The van der Waals surface area contributed by atoms with Gasteiger partial charge in [0.15, 0.2) is 0 Å². The number of hydrogen-bond donors (Lipinski definition) is 0. The Morgan fingerprint density at radius 2 is 0.833 bits per heavy atom. The van der Waals surface area contributed by atoms with Gasteiger partial charge in [0.05, 0.1) is 0 Å². The molecule has 6 nitrogen and oxygen atoms in total. The molecule has 0 atom stereocenters. The van der Waals surface area contributed by atoms with Crippen molar-refractivity contribution in [1.29, 1.82) is 0 Å². The Morgan fingerprint density at radius 3 is 1.28 bits per heavy atom. The van der Waals surface area contributed by atoms with E-state index >= 15 is 0 Å². The summed E-state index contributed by atoms with van der Waals surface area (Å²) in [6.45, 7) is 0. The maximum absolute atomic E-state index is 4.44. The van der Waals surface area contributed by atoms with Gasteiger partial charge in [0.25, 0.3) is 0 Å². The van der Waals surface area contributed by atoms with Gasteiger partial charge in [-0.3, -0.25) is 0 Å². The van der Waals surface area contributed by atoms with Crippen molar-refractivity contribution in [2.24, 2.45) is 0 Å². The van der Waals surface area contributed by atoms with Crippen molar-refractivity contribution in [3.05, 3.63) is 122 Å². The molecule has 2 heterocycles. The molecule has 36 heavy (non-hydrogen) atoms. The second kappa shape index (κ2) is 10.4. The van der Waals surface area contributed by atoms with Crippen LogP contribution in [0.2, 0.25) is 0 Å². The van der Waals surface area contributed by atoms with E-state index in [2.05, 4.69) is 93.4 Å². The van der Waals surface area contributed by atoms with Gasteiger partial charge < -0.3 is 0 Å². The van der Waals surface area contributed by atoms with Crippen LogP contribution >= 0.6 is 0 Å². The molecule has 0 spiro atoms. The normalized spacial score (nSPS) is 11.0. The van der Waals surface area contributed by atoms with Crippen LogP contribution in [0.25, 0.3) is 33.9 Å². The minimum atomic E-state index is 0.237. The van der Waals surface area contributed by atoms with Gasteiger partial charge in [-0.15, -0.1) is 0 Å². The van der Waals surface area contributed by atoms with Crippen LogP contribution in [0.4, 0.5) is 0 Å². The predicted molar refractivity (Wildman–Crippen MR) is 144 cm³/mol. The Hall–Kier alpha value is -3.80. The zero-order valence-corrected chi connectivity index (χ0v) is 22.5. The molecule has 0 bridgehead atoms. The average molecular weight is 598 g/mol. The second-order valence-electron chi connectivity index (χ2n) is 7.93. The Bertz CT molecular complexity index is 1470. The number of benzene rings is 4. The number of para-hydroxylation sites is 2. The van der Waals surface area contributed by atoms with Crippen LogP contribution < -0.4 is 8.92 Å². The van der Waals surface area contributed by atoms with Crippen LogP contribution in [0.15, 0.2) is 122 Å². The fourth-order valence-corrected chi connectivity index (χ4v) is 10.8. The summed E-state index contributed by atoms with van der Waals surface area (Å²) in [5, 5.41) is 17.7. The van der Waals surface area contributed by atoms with E-state index in [-0.39, 0.29) is 26.3 Å². The first-order chi connectivity index (χ1) is 17.8. The summed E-state index contributed by atoms with van der Waals surface area (Å²) in [5.41, 5.74) is 6.03. The van der Waals surface area contributed by atoms with Crippen LogP contribution in [-0.2, 0) is 0 Å². The molecule has 8 heteroatoms. The number of nitrogens with zero attached hydrogens (tertiary/aromatic N) is 6. The first-order valence-electron chi connectivity index (χ1n) is 11.3. The van der Waals surface area contributed by atoms with E-state index in [4.69, 9.17) is 0 Å². The van der Waals surface area contributed by atoms with Gasteiger partial charge in [0.1, 0.15) is 0 Å². The van der Waals surface area contributed by atoms with E-state index in [1.165, 1.54) is 8.92 Å². The second-order valence-corrected chi connectivity index (χ2v) is 14.1. The molecule has 0 aliphatic rings. The molecule has 0 saturated heterocycles. The van der Waals surface area contributed by atoms with Crippen molar-refractivity contribution >= 4 is 35.2 Å². The van der Waals surface area contributed by atoms with Crippen molar-refractivity contribution in [1.82, 2.24) is 30.0 Å². The topological polar surface area (TPSA) is 61.4 Å². The molecule has 4 aromatic carbocycles. The van der Waals surface area contributed by atoms with Gasteiger partial charge in [-0.2, -0.15) is 0 Å². The molecule has 6 aromatic rings. The summed E-state index contributed by atoms with van der Waals surface area (Å²) in [5.74, 6) is 0. The zero-order chi connectivity index (χ0) is 24.2. The summed E-state index contributed by atoms with van der Waals surface area (Å²) in [7, 11) is 0. The fraction of sp³-hybridized carbons (Fsp3) is 0. The maximum atomic E-state index is 4.44. The molecular formula is C28H20N6Se2. The SMILES string of the molecule is c1ccc(-c2cn(-c3ccccc3[Se][Se]c3ccccc3-n3cc(-c4ccccc4)nn3)nn2)cc1. The van der Waals surface area contributed by atoms with Crippen LogP contribution in [0.1, 0.15) is 0 Å². The molecule has 0 amide bonds. The van der Waals surface area contributed by atoms with Gasteiger partial charge in [0, 0.05) is 0 Å². The third-order valence-corrected chi connectivity index (χ3v) is 12.8. The summed E-state index contributed by atoms with van der Waals surface area (Å²) < 4.78 is 6.39. The third kappa shape index (κ3) is 4.81. The molecular weight excluding hydrogens is 578 g/mol. The van der Waals surface area contributed by atoms with Crippen LogP contribution in [0.3, 0.4) is 0 Å². The van der Waals surface area contributed by atoms with Gasteiger partial charge in [0.2, 0.25) is 0 Å². The summed E-state index contributed by atoms with van der Waals surface area (Å²) >= 11 is 0.475. The van der Waals surface area contributed by atoms with Gasteiger partial charge in [-0.25, -0.2) is 0 Å². The molecule has 0 fully saturated rings. The number of hydrogen-bond acceptors (Lipinski definition) is 4.